The van der Waals surface area contributed by atoms with Crippen LogP contribution in [0.15, 0.2) is 30.5 Å². The molecule has 0 saturated carbocycles. The van der Waals surface area contributed by atoms with Gasteiger partial charge < -0.3 is 14.5 Å². The van der Waals surface area contributed by atoms with Crippen LogP contribution in [0.25, 0.3) is 0 Å². The van der Waals surface area contributed by atoms with Gasteiger partial charge in [-0.2, -0.15) is 0 Å². The van der Waals surface area contributed by atoms with Gasteiger partial charge in [-0.05, 0) is 57.2 Å². The number of rotatable bonds is 6. The highest BCUT2D eigenvalue weighted by Crippen LogP contribution is 2.20. The van der Waals surface area contributed by atoms with Gasteiger partial charge in [0.15, 0.2) is 0 Å². The van der Waals surface area contributed by atoms with Crippen molar-refractivity contribution in [3.05, 3.63) is 47.5 Å². The molecule has 4 rings (SSSR count). The van der Waals surface area contributed by atoms with Crippen molar-refractivity contribution < 1.29 is 9.53 Å². The molecule has 0 radical (unpaired) electrons. The predicted molar refractivity (Wildman–Crippen MR) is 118 cm³/mol. The lowest BCUT2D eigenvalue weighted by Crippen LogP contribution is -2.38. The van der Waals surface area contributed by atoms with E-state index in [1.807, 2.05) is 30.0 Å². The second-order valence-corrected chi connectivity index (χ2v) is 7.88. The quantitative estimate of drug-likeness (QED) is 0.697. The number of ether oxygens (including phenoxy) is 1. The van der Waals surface area contributed by atoms with E-state index in [0.717, 1.165) is 56.8 Å². The van der Waals surface area contributed by atoms with E-state index in [-0.39, 0.29) is 24.4 Å². The van der Waals surface area contributed by atoms with Crippen molar-refractivity contribution in [1.29, 1.82) is 0 Å². The molecule has 2 saturated heterocycles. The van der Waals surface area contributed by atoms with Crippen molar-refractivity contribution >= 4 is 24.3 Å². The zero-order valence-electron chi connectivity index (χ0n) is 17.5. The Hall–Kier alpha value is -2.25. The smallest absolute Gasteiger partial charge is 0.273 e. The number of hydrogen-bond donors (Lipinski definition) is 0. The minimum atomic E-state index is -0.0880. The summed E-state index contributed by atoms with van der Waals surface area (Å²) in [6.45, 7) is 5.59. The van der Waals surface area contributed by atoms with Crippen LogP contribution in [-0.4, -0.2) is 58.1 Å². The minimum absolute atomic E-state index is 0. The maximum Gasteiger partial charge on any atom is 0.273 e. The average Bonchev–Trinajstić information content (AvgIpc) is 3.27. The molecule has 2 aromatic heterocycles. The lowest BCUT2D eigenvalue weighted by molar-refractivity contribution is 0.0500. The van der Waals surface area contributed by atoms with Crippen molar-refractivity contribution in [1.82, 2.24) is 19.9 Å². The van der Waals surface area contributed by atoms with E-state index < -0.39 is 0 Å². The number of anilines is 1. The fourth-order valence-corrected chi connectivity index (χ4v) is 4.00. The molecule has 2 aliphatic rings. The number of pyridine rings is 1. The summed E-state index contributed by atoms with van der Waals surface area (Å²) in [4.78, 5) is 31.1. The summed E-state index contributed by atoms with van der Waals surface area (Å²) in [5.74, 6) is 0.581. The second kappa shape index (κ2) is 10.7. The maximum atomic E-state index is 13.5. The summed E-state index contributed by atoms with van der Waals surface area (Å²) in [7, 11) is 0. The predicted octanol–water partition coefficient (Wildman–Crippen LogP) is 3.41. The summed E-state index contributed by atoms with van der Waals surface area (Å²) >= 11 is 0. The van der Waals surface area contributed by atoms with Gasteiger partial charge in [-0.15, -0.1) is 12.4 Å². The molecule has 1 atom stereocenters. The Balaban J connectivity index is 0.00000256. The number of aromatic nitrogens is 3. The molecular formula is C22H30ClN5O2. The van der Waals surface area contributed by atoms with Crippen LogP contribution in [0.4, 0.5) is 5.95 Å². The van der Waals surface area contributed by atoms with Crippen LogP contribution >= 0.6 is 12.4 Å². The molecule has 0 bridgehead atoms. The largest absolute Gasteiger partial charge is 0.376 e. The molecule has 0 N–H and O–H groups in total. The average molecular weight is 432 g/mol. The maximum absolute atomic E-state index is 13.5. The van der Waals surface area contributed by atoms with Crippen LogP contribution in [0.2, 0.25) is 0 Å². The number of carbonyl (C=O) groups is 1. The topological polar surface area (TPSA) is 71.5 Å². The van der Waals surface area contributed by atoms with E-state index in [4.69, 9.17) is 4.74 Å². The summed E-state index contributed by atoms with van der Waals surface area (Å²) in [6.07, 6.45) is 7.39. The van der Waals surface area contributed by atoms with Crippen LogP contribution in [0.3, 0.4) is 0 Å². The highest BCUT2D eigenvalue weighted by atomic mass is 35.5. The Bertz CT molecular complexity index is 824. The molecule has 1 amide bonds. The van der Waals surface area contributed by atoms with Gasteiger partial charge >= 0.3 is 0 Å². The Kier molecular flexibility index (Phi) is 7.99. The molecule has 7 nitrogen and oxygen atoms in total. The van der Waals surface area contributed by atoms with Crippen molar-refractivity contribution in [2.24, 2.45) is 0 Å². The molecule has 2 aliphatic heterocycles. The van der Waals surface area contributed by atoms with E-state index in [1.54, 1.807) is 12.3 Å². The Morgan fingerprint density at radius 3 is 2.73 bits per heavy atom. The fourth-order valence-electron chi connectivity index (χ4n) is 4.00. The van der Waals surface area contributed by atoms with Gasteiger partial charge in [0, 0.05) is 38.1 Å². The van der Waals surface area contributed by atoms with E-state index in [9.17, 15) is 4.79 Å². The first-order valence-electron chi connectivity index (χ1n) is 10.6. The first kappa shape index (κ1) is 22.4. The van der Waals surface area contributed by atoms with Crippen LogP contribution < -0.4 is 4.90 Å². The Morgan fingerprint density at radius 1 is 1.20 bits per heavy atom. The van der Waals surface area contributed by atoms with Crippen molar-refractivity contribution in [3.63, 3.8) is 0 Å². The van der Waals surface area contributed by atoms with Crippen LogP contribution in [0.1, 0.15) is 54.0 Å². The zero-order chi connectivity index (χ0) is 20.1. The second-order valence-electron chi connectivity index (χ2n) is 7.88. The van der Waals surface area contributed by atoms with E-state index in [2.05, 4.69) is 19.9 Å². The first-order chi connectivity index (χ1) is 14.2. The van der Waals surface area contributed by atoms with Crippen molar-refractivity contribution in [3.8, 4) is 0 Å². The third-order valence-corrected chi connectivity index (χ3v) is 5.51. The molecule has 8 heteroatoms. The van der Waals surface area contributed by atoms with Gasteiger partial charge in [0.05, 0.1) is 18.3 Å². The van der Waals surface area contributed by atoms with Crippen LogP contribution in [-0.2, 0) is 11.3 Å². The van der Waals surface area contributed by atoms with Crippen molar-refractivity contribution in [2.45, 2.75) is 51.7 Å². The number of amides is 1. The summed E-state index contributed by atoms with van der Waals surface area (Å²) in [6, 6.07) is 7.56. The van der Waals surface area contributed by atoms with E-state index in [0.29, 0.717) is 24.7 Å². The molecule has 2 fully saturated rings. The van der Waals surface area contributed by atoms with Gasteiger partial charge in [0.2, 0.25) is 5.95 Å². The van der Waals surface area contributed by atoms with Gasteiger partial charge in [-0.25, -0.2) is 9.97 Å². The molecule has 30 heavy (non-hydrogen) atoms. The monoisotopic (exact) mass is 431 g/mol. The number of halogens is 1. The summed E-state index contributed by atoms with van der Waals surface area (Å²) in [5.41, 5.74) is 2.13. The molecule has 2 aromatic rings. The molecule has 1 unspecified atom stereocenters. The molecule has 0 aliphatic carbocycles. The third kappa shape index (κ3) is 5.67. The summed E-state index contributed by atoms with van der Waals surface area (Å²) < 4.78 is 5.79. The van der Waals surface area contributed by atoms with Gasteiger partial charge in [0.25, 0.3) is 5.91 Å². The highest BCUT2D eigenvalue weighted by molar-refractivity contribution is 5.92. The number of nitrogens with zero attached hydrogens (tertiary/aromatic N) is 5. The minimum Gasteiger partial charge on any atom is -0.376 e. The standard InChI is InChI=1S/C22H29N5O2.ClH/c1-17-14-20(25-22(24-17)26-11-5-2-6-12-26)21(28)27(16-19-9-7-13-29-19)15-18-8-3-4-10-23-18;/h3-4,8,10,14,19H,2,5-7,9,11-13,15-16H2,1H3;1H. The van der Waals surface area contributed by atoms with Gasteiger partial charge in [-0.1, -0.05) is 6.07 Å². The van der Waals surface area contributed by atoms with Gasteiger partial charge in [0.1, 0.15) is 5.69 Å². The molecule has 0 spiro atoms. The highest BCUT2D eigenvalue weighted by Gasteiger charge is 2.26. The van der Waals surface area contributed by atoms with E-state index >= 15 is 0 Å². The number of carbonyl (C=O) groups excluding carboxylic acids is 1. The summed E-state index contributed by atoms with van der Waals surface area (Å²) in [5, 5.41) is 0. The molecule has 162 valence electrons. The molecular weight excluding hydrogens is 402 g/mol. The SMILES string of the molecule is Cc1cc(C(=O)N(Cc2ccccn2)CC2CCCO2)nc(N2CCCCC2)n1.Cl. The zero-order valence-corrected chi connectivity index (χ0v) is 18.3. The lowest BCUT2D eigenvalue weighted by Gasteiger charge is -2.28. The van der Waals surface area contributed by atoms with Crippen LogP contribution in [0, 0.1) is 6.92 Å². The number of hydrogen-bond acceptors (Lipinski definition) is 6. The molecule has 0 aromatic carbocycles. The first-order valence-corrected chi connectivity index (χ1v) is 10.6. The third-order valence-electron chi connectivity index (χ3n) is 5.51. The number of piperidine rings is 1. The van der Waals surface area contributed by atoms with Crippen molar-refractivity contribution in [2.75, 3.05) is 31.1 Å². The van der Waals surface area contributed by atoms with Crippen LogP contribution in [0.5, 0.6) is 0 Å². The van der Waals surface area contributed by atoms with Gasteiger partial charge in [-0.3, -0.25) is 9.78 Å². The molecule has 4 heterocycles. The Morgan fingerprint density at radius 2 is 2.03 bits per heavy atom. The Labute approximate surface area is 184 Å². The normalized spacial score (nSPS) is 18.7. The lowest BCUT2D eigenvalue weighted by atomic mass is 10.1. The fraction of sp³-hybridized carbons (Fsp3) is 0.545. The number of aryl methyl sites for hydroxylation is 1. The van der Waals surface area contributed by atoms with E-state index in [1.165, 1.54) is 6.42 Å².